The zero-order valence-corrected chi connectivity index (χ0v) is 23.8. The largest absolute Gasteiger partial charge is 0.462 e. The van der Waals surface area contributed by atoms with Gasteiger partial charge in [0.25, 0.3) is 5.91 Å². The predicted octanol–water partition coefficient (Wildman–Crippen LogP) is 6.49. The Morgan fingerprint density at radius 3 is 2.49 bits per heavy atom. The van der Waals surface area contributed by atoms with Crippen LogP contribution in [0.3, 0.4) is 0 Å². The van der Waals surface area contributed by atoms with Crippen molar-refractivity contribution in [2.45, 2.75) is 40.0 Å². The molecule has 3 heterocycles. The Hall–Kier alpha value is -3.78. The summed E-state index contributed by atoms with van der Waals surface area (Å²) in [5.74, 6) is -0.411. The number of carbonyl (C=O) groups is 2. The highest BCUT2D eigenvalue weighted by atomic mass is 32.2. The molecule has 39 heavy (non-hydrogen) atoms. The minimum atomic E-state index is -0.340. The summed E-state index contributed by atoms with van der Waals surface area (Å²) in [4.78, 5) is 34.8. The van der Waals surface area contributed by atoms with E-state index in [1.807, 2.05) is 50.3 Å². The van der Waals surface area contributed by atoms with Gasteiger partial charge in [-0.2, -0.15) is 0 Å². The number of amidine groups is 1. The zero-order chi connectivity index (χ0) is 27.5. The quantitative estimate of drug-likeness (QED) is 0.263. The summed E-state index contributed by atoms with van der Waals surface area (Å²) in [5, 5.41) is 0.660. The van der Waals surface area contributed by atoms with E-state index in [2.05, 4.69) is 27.7 Å². The lowest BCUT2D eigenvalue weighted by molar-refractivity contribution is -0.121. The summed E-state index contributed by atoms with van der Waals surface area (Å²) in [5.41, 5.74) is 6.38. The zero-order valence-electron chi connectivity index (χ0n) is 22.9. The van der Waals surface area contributed by atoms with Crippen LogP contribution in [-0.2, 0) is 9.53 Å². The maximum Gasteiger partial charge on any atom is 0.338 e. The number of aromatic nitrogens is 1. The van der Waals surface area contributed by atoms with Gasteiger partial charge in [-0.15, -0.1) is 0 Å². The molecule has 2 saturated heterocycles. The maximum absolute atomic E-state index is 13.1. The number of nitrogens with zero attached hydrogens (tertiary/aromatic N) is 4. The van der Waals surface area contributed by atoms with Crippen LogP contribution in [0.25, 0.3) is 11.8 Å². The van der Waals surface area contributed by atoms with Gasteiger partial charge in [0.2, 0.25) is 0 Å². The van der Waals surface area contributed by atoms with E-state index < -0.39 is 0 Å². The lowest BCUT2D eigenvalue weighted by Crippen LogP contribution is -2.29. The van der Waals surface area contributed by atoms with Crippen molar-refractivity contribution >= 4 is 46.3 Å². The van der Waals surface area contributed by atoms with Gasteiger partial charge >= 0.3 is 5.97 Å². The molecule has 0 radical (unpaired) electrons. The Morgan fingerprint density at radius 2 is 1.77 bits per heavy atom. The highest BCUT2D eigenvalue weighted by Gasteiger charge is 2.31. The molecule has 2 aromatic carbocycles. The highest BCUT2D eigenvalue weighted by molar-refractivity contribution is 8.18. The molecule has 0 unspecified atom stereocenters. The summed E-state index contributed by atoms with van der Waals surface area (Å²) in [6.45, 7) is 8.37. The number of carbonyl (C=O) groups excluding carboxylic acids is 2. The number of benzene rings is 2. The van der Waals surface area contributed by atoms with Crippen LogP contribution in [0, 0.1) is 13.8 Å². The molecule has 0 saturated carbocycles. The average Bonchev–Trinajstić information content (AvgIpc) is 3.38. The lowest BCUT2D eigenvalue weighted by Gasteiger charge is -2.28. The lowest BCUT2D eigenvalue weighted by atomic mass is 10.1. The van der Waals surface area contributed by atoms with Gasteiger partial charge < -0.3 is 14.2 Å². The predicted molar refractivity (Wildman–Crippen MR) is 159 cm³/mol. The van der Waals surface area contributed by atoms with Crippen LogP contribution >= 0.6 is 11.8 Å². The van der Waals surface area contributed by atoms with Crippen molar-refractivity contribution in [3.8, 4) is 5.69 Å². The van der Waals surface area contributed by atoms with Crippen LogP contribution in [-0.4, -0.2) is 53.3 Å². The van der Waals surface area contributed by atoms with Crippen LogP contribution < -0.4 is 4.90 Å². The fourth-order valence-corrected chi connectivity index (χ4v) is 6.09. The number of anilines is 1. The van der Waals surface area contributed by atoms with Crippen molar-refractivity contribution in [3.05, 3.63) is 82.0 Å². The van der Waals surface area contributed by atoms with Gasteiger partial charge in [-0.3, -0.25) is 9.69 Å². The van der Waals surface area contributed by atoms with E-state index in [1.165, 1.54) is 36.7 Å². The molecular weight excluding hydrogens is 508 g/mol. The van der Waals surface area contributed by atoms with E-state index in [1.54, 1.807) is 24.9 Å². The molecule has 8 heteroatoms. The van der Waals surface area contributed by atoms with E-state index in [9.17, 15) is 9.59 Å². The number of hydrogen-bond donors (Lipinski definition) is 0. The first-order chi connectivity index (χ1) is 18.9. The molecule has 1 amide bonds. The second kappa shape index (κ2) is 11.5. The number of esters is 1. The fraction of sp³-hybridized carbons (Fsp3) is 0.323. The smallest absolute Gasteiger partial charge is 0.338 e. The van der Waals surface area contributed by atoms with Crippen LogP contribution in [0.1, 0.15) is 53.5 Å². The second-order valence-electron chi connectivity index (χ2n) is 9.87. The molecule has 2 fully saturated rings. The van der Waals surface area contributed by atoms with E-state index in [0.29, 0.717) is 22.2 Å². The molecule has 0 atom stereocenters. The normalized spacial score (nSPS) is 17.9. The van der Waals surface area contributed by atoms with Crippen molar-refractivity contribution in [1.29, 1.82) is 0 Å². The fourth-order valence-electron chi connectivity index (χ4n) is 5.11. The second-order valence-corrected chi connectivity index (χ2v) is 10.9. The first kappa shape index (κ1) is 26.8. The molecular formula is C31H34N4O3S. The van der Waals surface area contributed by atoms with Crippen LogP contribution in [0.5, 0.6) is 0 Å². The number of aryl methyl sites for hydroxylation is 1. The Kier molecular flexibility index (Phi) is 7.93. The SMILES string of the molecule is CCOC(=O)c1cccc(-n2c(C)cc(/C=C3\SC(=Nc4ccc(N5CCCCC5)cc4)N(C)C3=O)c2C)c1. The van der Waals surface area contributed by atoms with Gasteiger partial charge in [0.05, 0.1) is 22.8 Å². The van der Waals surface area contributed by atoms with Crippen LogP contribution in [0.15, 0.2) is 64.5 Å². The van der Waals surface area contributed by atoms with Crippen molar-refractivity contribution in [1.82, 2.24) is 9.47 Å². The number of thioether (sulfide) groups is 1. The Balaban J connectivity index is 1.37. The summed E-state index contributed by atoms with van der Waals surface area (Å²) >= 11 is 1.39. The molecule has 202 valence electrons. The third kappa shape index (κ3) is 5.66. The molecule has 1 aromatic heterocycles. The summed E-state index contributed by atoms with van der Waals surface area (Å²) in [6.07, 6.45) is 5.72. The topological polar surface area (TPSA) is 67.1 Å². The Bertz CT molecular complexity index is 1450. The van der Waals surface area contributed by atoms with Gasteiger partial charge in [0.1, 0.15) is 0 Å². The van der Waals surface area contributed by atoms with Gasteiger partial charge in [0.15, 0.2) is 5.17 Å². The van der Waals surface area contributed by atoms with Crippen molar-refractivity contribution in [2.75, 3.05) is 31.6 Å². The molecule has 0 aliphatic carbocycles. The molecule has 3 aromatic rings. The van der Waals surface area contributed by atoms with E-state index >= 15 is 0 Å². The van der Waals surface area contributed by atoms with Crippen molar-refractivity contribution in [2.24, 2.45) is 4.99 Å². The van der Waals surface area contributed by atoms with Gasteiger partial charge in [-0.05, 0) is 112 Å². The first-order valence-electron chi connectivity index (χ1n) is 13.4. The summed E-state index contributed by atoms with van der Waals surface area (Å²) in [6, 6.07) is 17.7. The van der Waals surface area contributed by atoms with E-state index in [-0.39, 0.29) is 11.9 Å². The highest BCUT2D eigenvalue weighted by Crippen LogP contribution is 2.35. The Labute approximate surface area is 234 Å². The van der Waals surface area contributed by atoms with Crippen molar-refractivity contribution in [3.63, 3.8) is 0 Å². The standard InChI is InChI=1S/C31H34N4O3S/c1-5-38-30(37)23-10-9-11-27(19-23)35-21(2)18-24(22(35)3)20-28-29(36)33(4)31(39-28)32-25-12-14-26(15-13-25)34-16-7-6-8-17-34/h9-15,18-20H,5-8,16-17H2,1-4H3/b28-20-,32-31?. The monoisotopic (exact) mass is 542 g/mol. The number of aliphatic imine (C=N–C) groups is 1. The molecule has 2 aliphatic heterocycles. The number of ether oxygens (including phenoxy) is 1. The van der Waals surface area contributed by atoms with Gasteiger partial charge in [-0.25, -0.2) is 9.79 Å². The number of hydrogen-bond acceptors (Lipinski definition) is 6. The molecule has 2 aliphatic rings. The van der Waals surface area contributed by atoms with E-state index in [0.717, 1.165) is 41.4 Å². The summed E-state index contributed by atoms with van der Waals surface area (Å²) in [7, 11) is 1.77. The van der Waals surface area contributed by atoms with Crippen molar-refractivity contribution < 1.29 is 14.3 Å². The molecule has 7 nitrogen and oxygen atoms in total. The van der Waals surface area contributed by atoms with Gasteiger partial charge in [-0.1, -0.05) is 6.07 Å². The number of amides is 1. The molecule has 5 rings (SSSR count). The maximum atomic E-state index is 13.1. The third-order valence-electron chi connectivity index (χ3n) is 7.17. The third-order valence-corrected chi connectivity index (χ3v) is 8.23. The van der Waals surface area contributed by atoms with Crippen LogP contribution in [0.4, 0.5) is 11.4 Å². The molecule has 0 bridgehead atoms. The molecule has 0 spiro atoms. The van der Waals surface area contributed by atoms with Crippen LogP contribution in [0.2, 0.25) is 0 Å². The first-order valence-corrected chi connectivity index (χ1v) is 14.2. The van der Waals surface area contributed by atoms with E-state index in [4.69, 9.17) is 9.73 Å². The number of piperidine rings is 1. The number of rotatable bonds is 6. The minimum absolute atomic E-state index is 0.0715. The molecule has 0 N–H and O–H groups in total. The summed E-state index contributed by atoms with van der Waals surface area (Å²) < 4.78 is 7.25. The van der Waals surface area contributed by atoms with Gasteiger partial charge in [0, 0.05) is 42.9 Å². The average molecular weight is 543 g/mol. The number of likely N-dealkylation sites (N-methyl/N-ethyl adjacent to an activating group) is 1. The Morgan fingerprint density at radius 1 is 1.03 bits per heavy atom. The minimum Gasteiger partial charge on any atom is -0.462 e.